The van der Waals surface area contributed by atoms with Crippen LogP contribution in [0.25, 0.3) is 0 Å². The molecule has 1 atom stereocenters. The number of nitrogens with two attached hydrogens (primary N) is 1. The summed E-state index contributed by atoms with van der Waals surface area (Å²) in [6.45, 7) is 7.62. The minimum atomic E-state index is 0.454. The normalized spacial score (nSPS) is 27.6. The van der Waals surface area contributed by atoms with Gasteiger partial charge in [0.05, 0.1) is 6.10 Å². The third-order valence-electron chi connectivity index (χ3n) is 5.33. The van der Waals surface area contributed by atoms with Crippen LogP contribution < -0.4 is 5.73 Å². The smallest absolute Gasteiger partial charge is 0.0702 e. The monoisotopic (exact) mass is 282 g/mol. The van der Waals surface area contributed by atoms with Gasteiger partial charge in [0, 0.05) is 13.2 Å². The van der Waals surface area contributed by atoms with Crippen LogP contribution in [-0.2, 0) is 4.74 Å². The van der Waals surface area contributed by atoms with Crippen LogP contribution in [0, 0.1) is 5.41 Å². The first-order valence-corrected chi connectivity index (χ1v) is 8.82. The van der Waals surface area contributed by atoms with E-state index < -0.39 is 0 Å². The van der Waals surface area contributed by atoms with Gasteiger partial charge < -0.3 is 15.4 Å². The Balaban J connectivity index is 1.74. The van der Waals surface area contributed by atoms with Crippen LogP contribution in [-0.4, -0.2) is 43.8 Å². The minimum absolute atomic E-state index is 0.454. The molecule has 0 aromatic carbocycles. The summed E-state index contributed by atoms with van der Waals surface area (Å²) in [7, 11) is 0. The third-order valence-corrected chi connectivity index (χ3v) is 5.33. The van der Waals surface area contributed by atoms with Crippen molar-refractivity contribution in [3.8, 4) is 0 Å². The summed E-state index contributed by atoms with van der Waals surface area (Å²) in [5.74, 6) is 0. The molecule has 2 fully saturated rings. The molecule has 1 unspecified atom stereocenters. The van der Waals surface area contributed by atoms with Crippen molar-refractivity contribution in [1.29, 1.82) is 0 Å². The molecule has 1 aliphatic carbocycles. The molecule has 0 amide bonds. The van der Waals surface area contributed by atoms with Crippen molar-refractivity contribution in [2.24, 2.45) is 11.1 Å². The fourth-order valence-corrected chi connectivity index (χ4v) is 3.89. The number of piperidine rings is 1. The van der Waals surface area contributed by atoms with Crippen molar-refractivity contribution in [3.63, 3.8) is 0 Å². The number of hydrogen-bond donors (Lipinski definition) is 1. The second-order valence-electron chi connectivity index (χ2n) is 6.95. The lowest BCUT2D eigenvalue weighted by Gasteiger charge is -2.39. The minimum Gasteiger partial charge on any atom is -0.377 e. The lowest BCUT2D eigenvalue weighted by molar-refractivity contribution is -0.00433. The van der Waals surface area contributed by atoms with Gasteiger partial charge in [0.1, 0.15) is 0 Å². The van der Waals surface area contributed by atoms with E-state index in [0.717, 1.165) is 26.1 Å². The van der Waals surface area contributed by atoms with Gasteiger partial charge in [-0.1, -0.05) is 26.2 Å². The quantitative estimate of drug-likeness (QED) is 0.779. The number of rotatable bonds is 7. The van der Waals surface area contributed by atoms with E-state index in [0.29, 0.717) is 11.5 Å². The molecule has 0 aromatic rings. The summed E-state index contributed by atoms with van der Waals surface area (Å²) in [4.78, 5) is 2.62. The topological polar surface area (TPSA) is 38.5 Å². The highest BCUT2D eigenvalue weighted by molar-refractivity contribution is 4.85. The van der Waals surface area contributed by atoms with Crippen LogP contribution in [0.15, 0.2) is 0 Å². The fourth-order valence-electron chi connectivity index (χ4n) is 3.89. The van der Waals surface area contributed by atoms with Gasteiger partial charge in [0.15, 0.2) is 0 Å². The SMILES string of the molecule is CCCOC1CCCN(CCC2(CN)CCCCC2)C1. The number of hydrogen-bond acceptors (Lipinski definition) is 3. The van der Waals surface area contributed by atoms with Crippen LogP contribution in [0.5, 0.6) is 0 Å². The first-order valence-electron chi connectivity index (χ1n) is 8.82. The summed E-state index contributed by atoms with van der Waals surface area (Å²) >= 11 is 0. The molecule has 0 bridgehead atoms. The Kier molecular flexibility index (Phi) is 6.79. The molecule has 118 valence electrons. The Morgan fingerprint density at radius 1 is 1.20 bits per heavy atom. The maximum atomic E-state index is 6.10. The largest absolute Gasteiger partial charge is 0.377 e. The van der Waals surface area contributed by atoms with Crippen LogP contribution in [0.2, 0.25) is 0 Å². The standard InChI is InChI=1S/C17H34N2O/c1-2-13-20-16-7-6-11-19(14-16)12-10-17(15-18)8-4-3-5-9-17/h16H,2-15,18H2,1H3. The van der Waals surface area contributed by atoms with Crippen LogP contribution >= 0.6 is 0 Å². The predicted molar refractivity (Wildman–Crippen MR) is 84.9 cm³/mol. The summed E-state index contributed by atoms with van der Waals surface area (Å²) in [5, 5.41) is 0. The van der Waals surface area contributed by atoms with Crippen LogP contribution in [0.3, 0.4) is 0 Å². The number of likely N-dealkylation sites (tertiary alicyclic amines) is 1. The number of nitrogens with zero attached hydrogens (tertiary/aromatic N) is 1. The highest BCUT2D eigenvalue weighted by Gasteiger charge is 2.31. The molecule has 0 aromatic heterocycles. The lowest BCUT2D eigenvalue weighted by atomic mass is 9.72. The van der Waals surface area contributed by atoms with Crippen molar-refractivity contribution >= 4 is 0 Å². The molecule has 20 heavy (non-hydrogen) atoms. The van der Waals surface area contributed by atoms with E-state index in [9.17, 15) is 0 Å². The first kappa shape index (κ1) is 16.3. The lowest BCUT2D eigenvalue weighted by Crippen LogP contribution is -2.43. The molecule has 1 aliphatic heterocycles. The Labute approximate surface area is 125 Å². The van der Waals surface area contributed by atoms with E-state index in [2.05, 4.69) is 11.8 Å². The van der Waals surface area contributed by atoms with E-state index in [4.69, 9.17) is 10.5 Å². The zero-order valence-electron chi connectivity index (χ0n) is 13.4. The van der Waals surface area contributed by atoms with E-state index in [-0.39, 0.29) is 0 Å². The van der Waals surface area contributed by atoms with E-state index in [1.807, 2.05) is 0 Å². The summed E-state index contributed by atoms with van der Waals surface area (Å²) < 4.78 is 5.94. The number of ether oxygens (including phenoxy) is 1. The molecule has 1 heterocycles. The molecule has 2 N–H and O–H groups in total. The summed E-state index contributed by atoms with van der Waals surface area (Å²) in [6.07, 6.45) is 12.3. The van der Waals surface area contributed by atoms with Crippen molar-refractivity contribution < 1.29 is 4.74 Å². The second kappa shape index (κ2) is 8.35. The van der Waals surface area contributed by atoms with Crippen LogP contribution in [0.1, 0.15) is 64.7 Å². The van der Waals surface area contributed by atoms with Gasteiger partial charge >= 0.3 is 0 Å². The van der Waals surface area contributed by atoms with E-state index in [1.165, 1.54) is 64.5 Å². The molecule has 3 heteroatoms. The molecule has 1 saturated carbocycles. The Morgan fingerprint density at radius 2 is 2.00 bits per heavy atom. The molecule has 3 nitrogen and oxygen atoms in total. The van der Waals surface area contributed by atoms with Gasteiger partial charge in [0.25, 0.3) is 0 Å². The Morgan fingerprint density at radius 3 is 2.70 bits per heavy atom. The fraction of sp³-hybridized carbons (Fsp3) is 1.00. The molecule has 2 aliphatic rings. The second-order valence-corrected chi connectivity index (χ2v) is 6.95. The van der Waals surface area contributed by atoms with Crippen molar-refractivity contribution in [2.45, 2.75) is 70.8 Å². The highest BCUT2D eigenvalue weighted by Crippen LogP contribution is 2.38. The zero-order valence-corrected chi connectivity index (χ0v) is 13.4. The first-order chi connectivity index (χ1) is 9.78. The Bertz CT molecular complexity index is 264. The molecular weight excluding hydrogens is 248 g/mol. The van der Waals surface area contributed by atoms with E-state index in [1.54, 1.807) is 0 Å². The van der Waals surface area contributed by atoms with Gasteiger partial charge in [-0.05, 0) is 63.6 Å². The Hall–Kier alpha value is -0.120. The van der Waals surface area contributed by atoms with Gasteiger partial charge in [-0.25, -0.2) is 0 Å². The zero-order chi connectivity index (χ0) is 14.3. The molecule has 0 radical (unpaired) electrons. The maximum absolute atomic E-state index is 6.10. The van der Waals surface area contributed by atoms with Crippen molar-refractivity contribution in [3.05, 3.63) is 0 Å². The maximum Gasteiger partial charge on any atom is 0.0702 e. The highest BCUT2D eigenvalue weighted by atomic mass is 16.5. The van der Waals surface area contributed by atoms with Gasteiger partial charge in [0.2, 0.25) is 0 Å². The van der Waals surface area contributed by atoms with Crippen molar-refractivity contribution in [1.82, 2.24) is 4.90 Å². The summed E-state index contributed by atoms with van der Waals surface area (Å²) in [6, 6.07) is 0. The van der Waals surface area contributed by atoms with Gasteiger partial charge in [-0.3, -0.25) is 0 Å². The van der Waals surface area contributed by atoms with Crippen molar-refractivity contribution in [2.75, 3.05) is 32.8 Å². The van der Waals surface area contributed by atoms with Crippen LogP contribution in [0.4, 0.5) is 0 Å². The molecule has 1 saturated heterocycles. The molecule has 0 spiro atoms. The molecule has 2 rings (SSSR count). The average molecular weight is 282 g/mol. The third kappa shape index (κ3) is 4.71. The summed E-state index contributed by atoms with van der Waals surface area (Å²) in [5.41, 5.74) is 6.56. The molecular formula is C17H34N2O. The van der Waals surface area contributed by atoms with Gasteiger partial charge in [-0.15, -0.1) is 0 Å². The van der Waals surface area contributed by atoms with E-state index >= 15 is 0 Å². The van der Waals surface area contributed by atoms with Gasteiger partial charge in [-0.2, -0.15) is 0 Å². The average Bonchev–Trinajstić information content (AvgIpc) is 2.52. The predicted octanol–water partition coefficient (Wildman–Crippen LogP) is 3.18.